The summed E-state index contributed by atoms with van der Waals surface area (Å²) in [5.41, 5.74) is 2.28. The first-order chi connectivity index (χ1) is 6.77. The van der Waals surface area contributed by atoms with Crippen molar-refractivity contribution in [1.82, 2.24) is 4.57 Å². The van der Waals surface area contributed by atoms with Crippen molar-refractivity contribution in [1.29, 1.82) is 0 Å². The van der Waals surface area contributed by atoms with Gasteiger partial charge in [-0.15, -0.1) is 0 Å². The molecular formula is C13H13N. The molecule has 0 aliphatic rings. The molecule has 0 spiro atoms. The van der Waals surface area contributed by atoms with Crippen molar-refractivity contribution < 1.29 is 0 Å². The van der Waals surface area contributed by atoms with E-state index in [1.165, 1.54) is 10.9 Å². The van der Waals surface area contributed by atoms with Crippen molar-refractivity contribution >= 4 is 17.1 Å². The van der Waals surface area contributed by atoms with Crippen molar-refractivity contribution in [3.8, 4) is 0 Å². The van der Waals surface area contributed by atoms with Gasteiger partial charge in [0.25, 0.3) is 0 Å². The van der Waals surface area contributed by atoms with Gasteiger partial charge in [-0.1, -0.05) is 30.4 Å². The van der Waals surface area contributed by atoms with Crippen LogP contribution in [0.15, 0.2) is 54.8 Å². The number of hydrogen-bond acceptors (Lipinski definition) is 0. The molecule has 0 bridgehead atoms. The topological polar surface area (TPSA) is 4.93 Å². The molecule has 0 aliphatic carbocycles. The van der Waals surface area contributed by atoms with E-state index in [0.29, 0.717) is 0 Å². The van der Waals surface area contributed by atoms with Crippen LogP contribution in [-0.2, 0) is 0 Å². The van der Waals surface area contributed by atoms with Gasteiger partial charge in [-0.3, -0.25) is 0 Å². The lowest BCUT2D eigenvalue weighted by Gasteiger charge is -1.96. The molecular weight excluding hydrogens is 170 g/mol. The Labute approximate surface area is 84.0 Å². The number of fused-ring (bicyclic) bond motifs is 1. The highest BCUT2D eigenvalue weighted by Gasteiger charge is 1.95. The van der Waals surface area contributed by atoms with Crippen molar-refractivity contribution in [2.45, 2.75) is 6.92 Å². The summed E-state index contributed by atoms with van der Waals surface area (Å²) in [7, 11) is 0. The van der Waals surface area contributed by atoms with Gasteiger partial charge in [0.05, 0.1) is 5.52 Å². The van der Waals surface area contributed by atoms with Crippen LogP contribution in [0.5, 0.6) is 0 Å². The molecule has 0 fully saturated rings. The van der Waals surface area contributed by atoms with Crippen molar-refractivity contribution in [3.63, 3.8) is 0 Å². The minimum absolute atomic E-state index is 1.06. The maximum absolute atomic E-state index is 3.83. The largest absolute Gasteiger partial charge is 0.323 e. The van der Waals surface area contributed by atoms with Crippen LogP contribution in [0.4, 0.5) is 0 Å². The van der Waals surface area contributed by atoms with E-state index in [1.54, 1.807) is 0 Å². The lowest BCUT2D eigenvalue weighted by Crippen LogP contribution is -1.81. The average Bonchev–Trinajstić information content (AvgIpc) is 2.58. The predicted molar refractivity (Wildman–Crippen MR) is 62.1 cm³/mol. The number of benzene rings is 1. The van der Waals surface area contributed by atoms with E-state index < -0.39 is 0 Å². The Morgan fingerprint density at radius 3 is 2.86 bits per heavy atom. The molecule has 0 radical (unpaired) electrons. The third-order valence-electron chi connectivity index (χ3n) is 2.15. The average molecular weight is 183 g/mol. The molecule has 1 nitrogen and oxygen atoms in total. The monoisotopic (exact) mass is 183 g/mol. The zero-order valence-corrected chi connectivity index (χ0v) is 8.27. The molecule has 1 heteroatoms. The van der Waals surface area contributed by atoms with E-state index in [4.69, 9.17) is 0 Å². The normalized spacial score (nSPS) is 11.2. The summed E-state index contributed by atoms with van der Waals surface area (Å²) in [6.07, 6.45) is 6.10. The van der Waals surface area contributed by atoms with E-state index in [0.717, 1.165) is 5.57 Å². The van der Waals surface area contributed by atoms with E-state index >= 15 is 0 Å². The SMILES string of the molecule is C=C(C)/C=C/n1ccc2ccccc21. The fourth-order valence-corrected chi connectivity index (χ4v) is 1.44. The molecule has 0 amide bonds. The zero-order valence-electron chi connectivity index (χ0n) is 8.27. The number of aromatic nitrogens is 1. The summed E-state index contributed by atoms with van der Waals surface area (Å²) in [5, 5.41) is 1.26. The van der Waals surface area contributed by atoms with Gasteiger partial charge in [-0.05, 0) is 30.5 Å². The van der Waals surface area contributed by atoms with E-state index in [9.17, 15) is 0 Å². The maximum atomic E-state index is 3.83. The first kappa shape index (κ1) is 8.82. The fourth-order valence-electron chi connectivity index (χ4n) is 1.44. The van der Waals surface area contributed by atoms with Crippen LogP contribution in [0.1, 0.15) is 6.92 Å². The van der Waals surface area contributed by atoms with Crippen molar-refractivity contribution in [2.75, 3.05) is 0 Å². The van der Waals surface area contributed by atoms with E-state index in [1.807, 2.05) is 25.3 Å². The van der Waals surface area contributed by atoms with Crippen molar-refractivity contribution in [3.05, 3.63) is 54.8 Å². The Kier molecular flexibility index (Phi) is 2.23. The number of nitrogens with zero attached hydrogens (tertiary/aromatic N) is 1. The summed E-state index contributed by atoms with van der Waals surface area (Å²) < 4.78 is 2.10. The number of hydrogen-bond donors (Lipinski definition) is 0. The number of rotatable bonds is 2. The van der Waals surface area contributed by atoms with Crippen LogP contribution in [0.3, 0.4) is 0 Å². The van der Waals surface area contributed by atoms with Gasteiger partial charge in [-0.25, -0.2) is 0 Å². The summed E-state index contributed by atoms with van der Waals surface area (Å²) in [5.74, 6) is 0. The lowest BCUT2D eigenvalue weighted by atomic mass is 10.2. The van der Waals surface area contributed by atoms with Gasteiger partial charge in [0.2, 0.25) is 0 Å². The second kappa shape index (κ2) is 3.54. The number of para-hydroxylation sites is 1. The fraction of sp³-hybridized carbons (Fsp3) is 0.0769. The lowest BCUT2D eigenvalue weighted by molar-refractivity contribution is 1.22. The summed E-state index contributed by atoms with van der Waals surface area (Å²) in [6, 6.07) is 10.4. The van der Waals surface area contributed by atoms with Crippen LogP contribution in [0.25, 0.3) is 17.1 Å². The first-order valence-electron chi connectivity index (χ1n) is 4.66. The predicted octanol–water partition coefficient (Wildman–Crippen LogP) is 3.69. The van der Waals surface area contributed by atoms with Crippen LogP contribution >= 0.6 is 0 Å². The highest BCUT2D eigenvalue weighted by Crippen LogP contribution is 2.15. The Morgan fingerprint density at radius 2 is 2.07 bits per heavy atom. The van der Waals surface area contributed by atoms with Crippen LogP contribution in [0.2, 0.25) is 0 Å². The quantitative estimate of drug-likeness (QED) is 0.626. The Hall–Kier alpha value is -1.76. The Balaban J connectivity index is 2.48. The second-order valence-electron chi connectivity index (χ2n) is 3.44. The molecule has 1 aromatic carbocycles. The third kappa shape index (κ3) is 1.62. The second-order valence-corrected chi connectivity index (χ2v) is 3.44. The summed E-state index contributed by atoms with van der Waals surface area (Å²) >= 11 is 0. The molecule has 0 N–H and O–H groups in total. The van der Waals surface area contributed by atoms with E-state index in [2.05, 4.69) is 41.6 Å². The molecule has 0 aliphatic heterocycles. The Bertz CT molecular complexity index is 489. The molecule has 0 saturated carbocycles. The molecule has 1 aromatic heterocycles. The maximum Gasteiger partial charge on any atom is 0.0522 e. The van der Waals surface area contributed by atoms with Crippen LogP contribution in [0, 0.1) is 0 Å². The molecule has 0 unspecified atom stereocenters. The summed E-state index contributed by atoms with van der Waals surface area (Å²) in [4.78, 5) is 0. The first-order valence-corrected chi connectivity index (χ1v) is 4.66. The van der Waals surface area contributed by atoms with Gasteiger partial charge in [0.1, 0.15) is 0 Å². The molecule has 0 atom stereocenters. The summed E-state index contributed by atoms with van der Waals surface area (Å²) in [6.45, 7) is 5.82. The van der Waals surface area contributed by atoms with Gasteiger partial charge >= 0.3 is 0 Å². The molecule has 1 heterocycles. The zero-order chi connectivity index (χ0) is 9.97. The van der Waals surface area contributed by atoms with Gasteiger partial charge in [0.15, 0.2) is 0 Å². The third-order valence-corrected chi connectivity index (χ3v) is 2.15. The van der Waals surface area contributed by atoms with Gasteiger partial charge in [-0.2, -0.15) is 0 Å². The van der Waals surface area contributed by atoms with Gasteiger partial charge < -0.3 is 4.57 Å². The highest BCUT2D eigenvalue weighted by molar-refractivity contribution is 5.81. The molecule has 2 rings (SSSR count). The van der Waals surface area contributed by atoms with Gasteiger partial charge in [0, 0.05) is 12.4 Å². The highest BCUT2D eigenvalue weighted by atomic mass is 14.9. The smallest absolute Gasteiger partial charge is 0.0522 e. The standard InChI is InChI=1S/C13H13N/c1-11(2)7-9-14-10-8-12-5-3-4-6-13(12)14/h3-10H,1H2,2H3/b9-7+. The molecule has 2 aromatic rings. The molecule has 0 saturated heterocycles. The molecule has 70 valence electrons. The van der Waals surface area contributed by atoms with Crippen molar-refractivity contribution in [2.24, 2.45) is 0 Å². The molecule has 14 heavy (non-hydrogen) atoms. The minimum atomic E-state index is 1.06. The number of allylic oxidation sites excluding steroid dienone is 2. The van der Waals surface area contributed by atoms with Crippen LogP contribution < -0.4 is 0 Å². The van der Waals surface area contributed by atoms with E-state index in [-0.39, 0.29) is 0 Å². The van der Waals surface area contributed by atoms with Crippen LogP contribution in [-0.4, -0.2) is 4.57 Å². The minimum Gasteiger partial charge on any atom is -0.323 e. The Morgan fingerprint density at radius 1 is 1.29 bits per heavy atom.